The van der Waals surface area contributed by atoms with Crippen LogP contribution in [-0.2, 0) is 0 Å². The minimum atomic E-state index is -0.755. The van der Waals surface area contributed by atoms with Crippen LogP contribution < -0.4 is 0 Å². The number of allylic oxidation sites excluding steroid dienone is 4. The highest BCUT2D eigenvalue weighted by Gasteiger charge is 2.50. The summed E-state index contributed by atoms with van der Waals surface area (Å²) < 4.78 is 0. The fourth-order valence-corrected chi connectivity index (χ4v) is 6.28. The molecule has 0 aromatic heterocycles. The maximum atomic E-state index is 10.6. The van der Waals surface area contributed by atoms with Gasteiger partial charge in [0.1, 0.15) is 0 Å². The number of fused-ring (bicyclic) bond motifs is 1. The largest absolute Gasteiger partial charge is 0.393 e. The topological polar surface area (TPSA) is 60.7 Å². The van der Waals surface area contributed by atoms with Gasteiger partial charge in [-0.2, -0.15) is 0 Å². The Balaban J connectivity index is 1.78. The standard InChI is InChI=1S/C28H44O3/c1-18(2)28(6,31)15-13-19(3)24-11-12-25-21(8-7-14-27(24,25)5)9-10-22-16-23(29)17-26(30)20(22)4/h9-10,13,15,18-19,23-26,29-31H,4,7-8,11-12,14,16-17H2,1-3,5-6H3/t19-,23-,24?,25?,26+,27-,28-/m1/s1. The lowest BCUT2D eigenvalue weighted by molar-refractivity contribution is 0.0607. The quantitative estimate of drug-likeness (QED) is 0.490. The van der Waals surface area contributed by atoms with Crippen molar-refractivity contribution >= 4 is 0 Å². The fourth-order valence-electron chi connectivity index (χ4n) is 6.28. The van der Waals surface area contributed by atoms with Gasteiger partial charge in [-0.3, -0.25) is 0 Å². The zero-order valence-corrected chi connectivity index (χ0v) is 20.3. The highest BCUT2D eigenvalue weighted by atomic mass is 16.3. The molecule has 3 N–H and O–H groups in total. The Hall–Kier alpha value is -1.16. The van der Waals surface area contributed by atoms with Gasteiger partial charge in [-0.15, -0.1) is 0 Å². The van der Waals surface area contributed by atoms with Crippen LogP contribution in [0.3, 0.4) is 0 Å². The number of hydrogen-bond acceptors (Lipinski definition) is 3. The van der Waals surface area contributed by atoms with Gasteiger partial charge in [0.15, 0.2) is 0 Å². The molecule has 0 amide bonds. The van der Waals surface area contributed by atoms with Crippen molar-refractivity contribution in [3.05, 3.63) is 47.6 Å². The Morgan fingerprint density at radius 2 is 1.87 bits per heavy atom. The summed E-state index contributed by atoms with van der Waals surface area (Å²) in [5.74, 6) is 1.87. The Morgan fingerprint density at radius 1 is 1.16 bits per heavy atom. The van der Waals surface area contributed by atoms with Gasteiger partial charge in [0, 0.05) is 6.42 Å². The monoisotopic (exact) mass is 428 g/mol. The van der Waals surface area contributed by atoms with Crippen LogP contribution in [0.5, 0.6) is 0 Å². The molecule has 3 saturated carbocycles. The SMILES string of the molecule is C=C1C(=CC=C2CCC[C@@]3(C)C2CCC3[C@H](C)C=C[C@@](C)(O)C(C)C)C[C@@H](O)C[C@@H]1O. The van der Waals surface area contributed by atoms with Gasteiger partial charge in [-0.1, -0.05) is 64.2 Å². The first kappa shape index (κ1) is 24.5. The third-order valence-corrected chi connectivity index (χ3v) is 8.84. The van der Waals surface area contributed by atoms with Crippen LogP contribution in [0.15, 0.2) is 47.6 Å². The van der Waals surface area contributed by atoms with Crippen LogP contribution in [0.1, 0.15) is 79.6 Å². The van der Waals surface area contributed by atoms with Crippen LogP contribution in [0.25, 0.3) is 0 Å². The van der Waals surface area contributed by atoms with Gasteiger partial charge in [0.25, 0.3) is 0 Å². The van der Waals surface area contributed by atoms with Gasteiger partial charge >= 0.3 is 0 Å². The molecule has 3 aliphatic rings. The average Bonchev–Trinajstić information content (AvgIpc) is 3.05. The lowest BCUT2D eigenvalue weighted by atomic mass is 9.61. The summed E-state index contributed by atoms with van der Waals surface area (Å²) in [6, 6.07) is 0. The molecule has 0 radical (unpaired) electrons. The van der Waals surface area contributed by atoms with Crippen molar-refractivity contribution in [2.45, 2.75) is 97.4 Å². The molecule has 7 atom stereocenters. The molecular formula is C28H44O3. The molecule has 0 saturated heterocycles. The Kier molecular flexibility index (Phi) is 7.40. The minimum absolute atomic E-state index is 0.201. The van der Waals surface area contributed by atoms with E-state index in [1.807, 2.05) is 13.0 Å². The van der Waals surface area contributed by atoms with E-state index >= 15 is 0 Å². The number of rotatable bonds is 5. The smallest absolute Gasteiger partial charge is 0.0822 e. The minimum Gasteiger partial charge on any atom is -0.393 e. The summed E-state index contributed by atoms with van der Waals surface area (Å²) in [5.41, 5.74) is 2.82. The van der Waals surface area contributed by atoms with E-state index in [2.05, 4.69) is 52.5 Å². The predicted octanol–water partition coefficient (Wildman–Crippen LogP) is 5.73. The first-order valence-corrected chi connectivity index (χ1v) is 12.3. The lowest BCUT2D eigenvalue weighted by Crippen LogP contribution is -2.36. The molecule has 0 bridgehead atoms. The number of aliphatic hydroxyl groups excluding tert-OH is 2. The van der Waals surface area contributed by atoms with Crippen molar-refractivity contribution in [1.82, 2.24) is 0 Å². The van der Waals surface area contributed by atoms with Crippen LogP contribution in [0.4, 0.5) is 0 Å². The highest BCUT2D eigenvalue weighted by Crippen LogP contribution is 2.59. The lowest BCUT2D eigenvalue weighted by Gasteiger charge is -2.44. The van der Waals surface area contributed by atoms with Crippen LogP contribution in [0.2, 0.25) is 0 Å². The molecule has 3 aliphatic carbocycles. The Morgan fingerprint density at radius 3 is 2.55 bits per heavy atom. The second-order valence-electron chi connectivity index (χ2n) is 11.3. The summed E-state index contributed by atoms with van der Waals surface area (Å²) in [6.45, 7) is 14.9. The molecule has 31 heavy (non-hydrogen) atoms. The molecule has 0 spiro atoms. The van der Waals surface area contributed by atoms with E-state index in [-0.39, 0.29) is 5.92 Å². The summed E-state index contributed by atoms with van der Waals surface area (Å²) in [6.07, 6.45) is 14.6. The molecule has 2 unspecified atom stereocenters. The summed E-state index contributed by atoms with van der Waals surface area (Å²) >= 11 is 0. The third-order valence-electron chi connectivity index (χ3n) is 8.84. The Bertz CT molecular complexity index is 756. The van der Waals surface area contributed by atoms with Gasteiger partial charge < -0.3 is 15.3 Å². The summed E-state index contributed by atoms with van der Waals surface area (Å²) in [5, 5.41) is 30.8. The van der Waals surface area contributed by atoms with Crippen LogP contribution >= 0.6 is 0 Å². The average molecular weight is 429 g/mol. The first-order valence-electron chi connectivity index (χ1n) is 12.3. The van der Waals surface area contributed by atoms with Crippen molar-refractivity contribution in [3.63, 3.8) is 0 Å². The molecule has 3 fully saturated rings. The molecule has 0 aromatic rings. The third kappa shape index (κ3) is 5.10. The molecule has 0 aromatic carbocycles. The van der Waals surface area contributed by atoms with E-state index in [0.29, 0.717) is 36.0 Å². The Labute approximate surface area is 189 Å². The van der Waals surface area contributed by atoms with E-state index in [9.17, 15) is 15.3 Å². The number of hydrogen-bond donors (Lipinski definition) is 3. The van der Waals surface area contributed by atoms with E-state index in [4.69, 9.17) is 0 Å². The second kappa shape index (κ2) is 9.37. The normalized spacial score (nSPS) is 40.0. The van der Waals surface area contributed by atoms with Crippen LogP contribution in [0, 0.1) is 29.1 Å². The van der Waals surface area contributed by atoms with Gasteiger partial charge in [0.2, 0.25) is 0 Å². The van der Waals surface area contributed by atoms with Crippen molar-refractivity contribution in [1.29, 1.82) is 0 Å². The second-order valence-corrected chi connectivity index (χ2v) is 11.3. The van der Waals surface area contributed by atoms with E-state index in [0.717, 1.165) is 17.6 Å². The predicted molar refractivity (Wildman–Crippen MR) is 128 cm³/mol. The van der Waals surface area contributed by atoms with Crippen molar-refractivity contribution in [3.8, 4) is 0 Å². The molecular weight excluding hydrogens is 384 g/mol. The fraction of sp³-hybridized carbons (Fsp3) is 0.714. The maximum absolute atomic E-state index is 10.6. The number of aliphatic hydroxyl groups is 3. The summed E-state index contributed by atoms with van der Waals surface area (Å²) in [4.78, 5) is 0. The molecule has 0 aliphatic heterocycles. The van der Waals surface area contributed by atoms with Crippen molar-refractivity contribution in [2.75, 3.05) is 0 Å². The maximum Gasteiger partial charge on any atom is 0.0822 e. The molecule has 0 heterocycles. The van der Waals surface area contributed by atoms with Crippen LogP contribution in [-0.4, -0.2) is 33.1 Å². The van der Waals surface area contributed by atoms with Gasteiger partial charge in [-0.05, 0) is 85.7 Å². The van der Waals surface area contributed by atoms with Gasteiger partial charge in [0.05, 0.1) is 17.8 Å². The summed E-state index contributed by atoms with van der Waals surface area (Å²) in [7, 11) is 0. The van der Waals surface area contributed by atoms with Crippen molar-refractivity contribution in [2.24, 2.45) is 29.1 Å². The zero-order valence-electron chi connectivity index (χ0n) is 20.3. The van der Waals surface area contributed by atoms with Crippen molar-refractivity contribution < 1.29 is 15.3 Å². The van der Waals surface area contributed by atoms with E-state index in [1.54, 1.807) is 0 Å². The van der Waals surface area contributed by atoms with E-state index < -0.39 is 17.8 Å². The van der Waals surface area contributed by atoms with E-state index in [1.165, 1.54) is 31.3 Å². The molecule has 3 nitrogen and oxygen atoms in total. The zero-order chi connectivity index (χ0) is 23.0. The van der Waals surface area contributed by atoms with Gasteiger partial charge in [-0.25, -0.2) is 0 Å². The highest BCUT2D eigenvalue weighted by molar-refractivity contribution is 5.38. The molecule has 3 heteroatoms. The molecule has 174 valence electrons. The molecule has 3 rings (SSSR count). The first-order chi connectivity index (χ1) is 14.5.